The average Bonchev–Trinajstić information content (AvgIpc) is 2.65. The van der Waals surface area contributed by atoms with Crippen molar-refractivity contribution in [3.8, 4) is 0 Å². The fourth-order valence-corrected chi connectivity index (χ4v) is 3.05. The van der Waals surface area contributed by atoms with Gasteiger partial charge < -0.3 is 15.3 Å². The molecule has 0 aliphatic carbocycles. The van der Waals surface area contributed by atoms with E-state index in [1.807, 2.05) is 4.90 Å². The first-order valence-electron chi connectivity index (χ1n) is 6.22. The highest BCUT2D eigenvalue weighted by Crippen LogP contribution is 2.15. The lowest BCUT2D eigenvalue weighted by molar-refractivity contribution is -0.138. The minimum atomic E-state index is -0.848. The molecule has 2 rings (SSSR count). The summed E-state index contributed by atoms with van der Waals surface area (Å²) in [6.45, 7) is 2.39. The number of carbonyl (C=O) groups is 3. The smallest absolute Gasteiger partial charge is 0.317 e. The predicted molar refractivity (Wildman–Crippen MR) is 70.1 cm³/mol. The Morgan fingerprint density at radius 3 is 2.74 bits per heavy atom. The van der Waals surface area contributed by atoms with Gasteiger partial charge in [0.1, 0.15) is 6.04 Å². The van der Waals surface area contributed by atoms with Crippen molar-refractivity contribution in [2.24, 2.45) is 0 Å². The van der Waals surface area contributed by atoms with Crippen LogP contribution in [0.1, 0.15) is 6.42 Å². The van der Waals surface area contributed by atoms with Crippen molar-refractivity contribution >= 4 is 28.9 Å². The van der Waals surface area contributed by atoms with Gasteiger partial charge in [0.2, 0.25) is 5.91 Å². The van der Waals surface area contributed by atoms with Crippen molar-refractivity contribution in [2.45, 2.75) is 12.5 Å². The summed E-state index contributed by atoms with van der Waals surface area (Å²) in [5, 5.41) is 11.2. The molecule has 0 aromatic heterocycles. The molecule has 0 saturated carbocycles. The van der Waals surface area contributed by atoms with E-state index in [9.17, 15) is 14.4 Å². The third kappa shape index (κ3) is 3.84. The zero-order valence-corrected chi connectivity index (χ0v) is 11.3. The Bertz CT molecular complexity index is 390. The standard InChI is InChI=1S/C11H17N3O4S/c15-9(16)6-13-2-1-3-14(5-4-13)10(17)8-7-19-11(18)12-8/h8H,1-7H2,(H,12,18)(H,15,16). The molecule has 1 atom stereocenters. The number of carboxylic acids is 1. The number of hydrogen-bond donors (Lipinski definition) is 2. The maximum atomic E-state index is 12.2. The summed E-state index contributed by atoms with van der Waals surface area (Å²) < 4.78 is 0. The molecule has 2 aliphatic rings. The first-order valence-corrected chi connectivity index (χ1v) is 7.21. The molecule has 2 amide bonds. The van der Waals surface area contributed by atoms with Gasteiger partial charge in [-0.25, -0.2) is 0 Å². The minimum Gasteiger partial charge on any atom is -0.480 e. The Balaban J connectivity index is 1.86. The maximum Gasteiger partial charge on any atom is 0.317 e. The van der Waals surface area contributed by atoms with Gasteiger partial charge in [-0.15, -0.1) is 0 Å². The van der Waals surface area contributed by atoms with Gasteiger partial charge in [0.25, 0.3) is 5.24 Å². The lowest BCUT2D eigenvalue weighted by Crippen LogP contribution is -2.47. The van der Waals surface area contributed by atoms with Gasteiger partial charge in [-0.2, -0.15) is 0 Å². The van der Waals surface area contributed by atoms with Crippen molar-refractivity contribution in [1.29, 1.82) is 0 Å². The third-order valence-corrected chi connectivity index (χ3v) is 4.11. The van der Waals surface area contributed by atoms with E-state index in [1.165, 1.54) is 0 Å². The Hall–Kier alpha value is -1.28. The van der Waals surface area contributed by atoms with E-state index in [2.05, 4.69) is 5.32 Å². The molecule has 7 nitrogen and oxygen atoms in total. The van der Waals surface area contributed by atoms with E-state index in [0.717, 1.165) is 18.2 Å². The van der Waals surface area contributed by atoms with Crippen molar-refractivity contribution in [3.05, 3.63) is 0 Å². The zero-order valence-electron chi connectivity index (χ0n) is 10.5. The molecule has 2 heterocycles. The summed E-state index contributed by atoms with van der Waals surface area (Å²) >= 11 is 1.13. The Morgan fingerprint density at radius 1 is 1.32 bits per heavy atom. The third-order valence-electron chi connectivity index (χ3n) is 3.23. The number of rotatable bonds is 3. The van der Waals surface area contributed by atoms with Crippen LogP contribution in [0.2, 0.25) is 0 Å². The number of hydrogen-bond acceptors (Lipinski definition) is 5. The summed E-state index contributed by atoms with van der Waals surface area (Å²) in [6, 6.07) is -0.427. The van der Waals surface area contributed by atoms with Crippen LogP contribution in [0, 0.1) is 0 Å². The highest BCUT2D eigenvalue weighted by atomic mass is 32.2. The number of nitrogens with zero attached hydrogens (tertiary/aromatic N) is 2. The molecule has 106 valence electrons. The van der Waals surface area contributed by atoms with Crippen LogP contribution in [-0.4, -0.2) is 76.5 Å². The van der Waals surface area contributed by atoms with E-state index < -0.39 is 12.0 Å². The molecule has 2 aliphatic heterocycles. The quantitative estimate of drug-likeness (QED) is 0.722. The van der Waals surface area contributed by atoms with E-state index in [0.29, 0.717) is 31.9 Å². The molecule has 8 heteroatoms. The van der Waals surface area contributed by atoms with Crippen LogP contribution in [0.5, 0.6) is 0 Å². The number of thioether (sulfide) groups is 1. The highest BCUT2D eigenvalue weighted by Gasteiger charge is 2.32. The molecule has 2 fully saturated rings. The van der Waals surface area contributed by atoms with Crippen LogP contribution in [-0.2, 0) is 9.59 Å². The molecular formula is C11H17N3O4S. The van der Waals surface area contributed by atoms with Crippen molar-refractivity contribution in [2.75, 3.05) is 38.5 Å². The largest absolute Gasteiger partial charge is 0.480 e. The van der Waals surface area contributed by atoms with E-state index in [-0.39, 0.29) is 17.7 Å². The van der Waals surface area contributed by atoms with Gasteiger partial charge >= 0.3 is 5.97 Å². The summed E-state index contributed by atoms with van der Waals surface area (Å²) in [7, 11) is 0. The predicted octanol–water partition coefficient (Wildman–Crippen LogP) is -0.570. The van der Waals surface area contributed by atoms with Gasteiger partial charge in [-0.05, 0) is 6.42 Å². The van der Waals surface area contributed by atoms with Gasteiger partial charge in [0.05, 0.1) is 6.54 Å². The van der Waals surface area contributed by atoms with Crippen molar-refractivity contribution < 1.29 is 19.5 Å². The van der Waals surface area contributed by atoms with Gasteiger partial charge in [-0.1, -0.05) is 11.8 Å². The number of aliphatic carboxylic acids is 1. The molecule has 0 bridgehead atoms. The second-order valence-electron chi connectivity index (χ2n) is 4.64. The van der Waals surface area contributed by atoms with Crippen LogP contribution in [0.3, 0.4) is 0 Å². The van der Waals surface area contributed by atoms with Crippen LogP contribution < -0.4 is 5.32 Å². The van der Waals surface area contributed by atoms with Crippen molar-refractivity contribution in [3.63, 3.8) is 0 Å². The summed E-state index contributed by atoms with van der Waals surface area (Å²) in [6.07, 6.45) is 0.757. The fourth-order valence-electron chi connectivity index (χ4n) is 2.28. The van der Waals surface area contributed by atoms with Crippen LogP contribution >= 0.6 is 11.8 Å². The molecular weight excluding hydrogens is 270 g/mol. The number of carbonyl (C=O) groups excluding carboxylic acids is 2. The van der Waals surface area contributed by atoms with Gasteiger partial charge in [0.15, 0.2) is 0 Å². The first-order chi connectivity index (χ1) is 9.06. The lowest BCUT2D eigenvalue weighted by atomic mass is 10.2. The molecule has 2 saturated heterocycles. The SMILES string of the molecule is O=C(O)CN1CCCN(C(=O)C2CSC(=O)N2)CC1. The van der Waals surface area contributed by atoms with Crippen LogP contribution in [0.15, 0.2) is 0 Å². The molecule has 2 N–H and O–H groups in total. The first kappa shape index (κ1) is 14.1. The number of carboxylic acid groups (broad SMARTS) is 1. The summed E-state index contributed by atoms with van der Waals surface area (Å²) in [4.78, 5) is 37.5. The lowest BCUT2D eigenvalue weighted by Gasteiger charge is -2.23. The van der Waals surface area contributed by atoms with Crippen LogP contribution in [0.4, 0.5) is 4.79 Å². The zero-order chi connectivity index (χ0) is 13.8. The average molecular weight is 287 g/mol. The van der Waals surface area contributed by atoms with Gasteiger partial charge in [0, 0.05) is 31.9 Å². The highest BCUT2D eigenvalue weighted by molar-refractivity contribution is 8.14. The Morgan fingerprint density at radius 2 is 2.11 bits per heavy atom. The maximum absolute atomic E-state index is 12.2. The second-order valence-corrected chi connectivity index (χ2v) is 5.64. The molecule has 19 heavy (non-hydrogen) atoms. The van der Waals surface area contributed by atoms with E-state index in [1.54, 1.807) is 4.90 Å². The minimum absolute atomic E-state index is 0.0120. The summed E-state index contributed by atoms with van der Waals surface area (Å²) in [5.74, 6) is -0.428. The monoisotopic (exact) mass is 287 g/mol. The Labute approximate surface area is 115 Å². The Kier molecular flexibility index (Phi) is 4.65. The van der Waals surface area contributed by atoms with Crippen molar-refractivity contribution in [1.82, 2.24) is 15.1 Å². The summed E-state index contributed by atoms with van der Waals surface area (Å²) in [5.41, 5.74) is 0. The number of nitrogens with one attached hydrogen (secondary N) is 1. The molecule has 1 unspecified atom stereocenters. The van der Waals surface area contributed by atoms with E-state index >= 15 is 0 Å². The van der Waals surface area contributed by atoms with Crippen LogP contribution in [0.25, 0.3) is 0 Å². The molecule has 0 spiro atoms. The molecule has 0 aromatic rings. The fraction of sp³-hybridized carbons (Fsp3) is 0.727. The van der Waals surface area contributed by atoms with Gasteiger partial charge in [-0.3, -0.25) is 19.3 Å². The topological polar surface area (TPSA) is 90.0 Å². The molecule has 0 radical (unpaired) electrons. The van der Waals surface area contributed by atoms with E-state index in [4.69, 9.17) is 5.11 Å². The number of amides is 2. The molecule has 0 aromatic carbocycles. The normalized spacial score (nSPS) is 24.9. The second kappa shape index (κ2) is 6.25.